The van der Waals surface area contributed by atoms with Gasteiger partial charge >= 0.3 is 0 Å². The summed E-state index contributed by atoms with van der Waals surface area (Å²) in [6.45, 7) is 2.03. The minimum absolute atomic E-state index is 0.0555. The summed E-state index contributed by atoms with van der Waals surface area (Å²) >= 11 is 0. The number of aliphatic hydroxyl groups excluding tert-OH is 1. The van der Waals surface area contributed by atoms with Crippen LogP contribution in [-0.2, 0) is 16.0 Å². The van der Waals surface area contributed by atoms with Gasteiger partial charge in [-0.1, -0.05) is 42.0 Å². The normalized spacial score (nSPS) is 25.4. The molecule has 0 radical (unpaired) electrons. The number of aryl methyl sites for hydroxylation is 1. The second-order valence-corrected chi connectivity index (χ2v) is 9.16. The highest BCUT2D eigenvalue weighted by Gasteiger charge is 2.43. The Kier molecular flexibility index (Phi) is 7.65. The predicted octanol–water partition coefficient (Wildman–Crippen LogP) is 4.25. The number of unbranched alkanes of at least 4 members (excludes halogenated alkanes) is 1. The molecule has 3 rings (SSSR count). The molecular weight excluding hydrogens is 374 g/mol. The first-order chi connectivity index (χ1) is 14.3. The Labute approximate surface area is 180 Å². The maximum atomic E-state index is 12.4. The van der Waals surface area contributed by atoms with E-state index in [2.05, 4.69) is 6.08 Å². The molecule has 162 valence electrons. The highest BCUT2D eigenvalue weighted by molar-refractivity contribution is 5.91. The van der Waals surface area contributed by atoms with Crippen LogP contribution in [-0.4, -0.2) is 41.9 Å². The first kappa shape index (κ1) is 22.5. The highest BCUT2D eigenvalue weighted by Crippen LogP contribution is 2.48. The van der Waals surface area contributed by atoms with E-state index in [1.165, 1.54) is 5.57 Å². The molecule has 2 aliphatic carbocycles. The van der Waals surface area contributed by atoms with Crippen LogP contribution in [0.2, 0.25) is 0 Å². The monoisotopic (exact) mass is 409 g/mol. The number of carbonyl (C=O) groups excluding carboxylic acids is 2. The average Bonchev–Trinajstić information content (AvgIpc) is 3.21. The maximum absolute atomic E-state index is 12.4. The van der Waals surface area contributed by atoms with Crippen molar-refractivity contribution in [2.45, 2.75) is 58.0 Å². The van der Waals surface area contributed by atoms with E-state index in [4.69, 9.17) is 0 Å². The van der Waals surface area contributed by atoms with Gasteiger partial charge in [-0.3, -0.25) is 9.59 Å². The topological polar surface area (TPSA) is 57.6 Å². The zero-order chi connectivity index (χ0) is 21.7. The van der Waals surface area contributed by atoms with Crippen LogP contribution < -0.4 is 0 Å². The molecule has 1 aromatic carbocycles. The third-order valence-corrected chi connectivity index (χ3v) is 6.72. The Balaban J connectivity index is 1.49. The second-order valence-electron chi connectivity index (χ2n) is 9.16. The first-order valence-electron chi connectivity index (χ1n) is 11.2. The van der Waals surface area contributed by atoms with Crippen LogP contribution in [0, 0.1) is 24.7 Å². The van der Waals surface area contributed by atoms with Gasteiger partial charge in [-0.15, -0.1) is 0 Å². The van der Waals surface area contributed by atoms with Crippen LogP contribution in [0.15, 0.2) is 48.1 Å². The SMILES string of the molecule is Cc1ccccc1CC(=O)/C=C/[C@@H]1[C@H]2CC(CCCCC(=O)N(C)C)=C[C@H]2C[C@H]1O. The Hall–Kier alpha value is -2.20. The molecule has 30 heavy (non-hydrogen) atoms. The van der Waals surface area contributed by atoms with Gasteiger partial charge in [0.1, 0.15) is 0 Å². The van der Waals surface area contributed by atoms with Crippen LogP contribution in [0.1, 0.15) is 49.7 Å². The van der Waals surface area contributed by atoms with Gasteiger partial charge in [0, 0.05) is 32.9 Å². The number of nitrogens with zero attached hydrogens (tertiary/aromatic N) is 1. The molecule has 4 nitrogen and oxygen atoms in total. The molecule has 4 atom stereocenters. The fourth-order valence-electron chi connectivity index (χ4n) is 4.92. The van der Waals surface area contributed by atoms with Crippen molar-refractivity contribution in [3.05, 3.63) is 59.2 Å². The molecule has 1 amide bonds. The van der Waals surface area contributed by atoms with Crippen LogP contribution >= 0.6 is 0 Å². The lowest BCUT2D eigenvalue weighted by molar-refractivity contribution is -0.128. The quantitative estimate of drug-likeness (QED) is 0.377. The van der Waals surface area contributed by atoms with Crippen molar-refractivity contribution in [1.29, 1.82) is 0 Å². The summed E-state index contributed by atoms with van der Waals surface area (Å²) in [4.78, 5) is 25.8. The number of amides is 1. The first-order valence-corrected chi connectivity index (χ1v) is 11.2. The van der Waals surface area contributed by atoms with E-state index in [9.17, 15) is 14.7 Å². The van der Waals surface area contributed by atoms with E-state index in [1.54, 1.807) is 25.1 Å². The van der Waals surface area contributed by atoms with Gasteiger partial charge in [0.2, 0.25) is 5.91 Å². The molecule has 0 heterocycles. The Morgan fingerprint density at radius 2 is 1.97 bits per heavy atom. The van der Waals surface area contributed by atoms with Crippen LogP contribution in [0.5, 0.6) is 0 Å². The molecule has 0 spiro atoms. The van der Waals surface area contributed by atoms with Gasteiger partial charge in [-0.2, -0.15) is 0 Å². The molecule has 0 aromatic heterocycles. The summed E-state index contributed by atoms with van der Waals surface area (Å²) in [6.07, 6.45) is 11.4. The number of allylic oxidation sites excluding steroid dienone is 3. The minimum atomic E-state index is -0.363. The van der Waals surface area contributed by atoms with Crippen molar-refractivity contribution in [3.8, 4) is 0 Å². The number of benzene rings is 1. The highest BCUT2D eigenvalue weighted by atomic mass is 16.3. The molecule has 4 heteroatoms. The molecule has 0 aliphatic heterocycles. The van der Waals surface area contributed by atoms with Crippen molar-refractivity contribution in [1.82, 2.24) is 4.90 Å². The number of rotatable bonds is 9. The summed E-state index contributed by atoms with van der Waals surface area (Å²) in [7, 11) is 3.60. The standard InChI is InChI=1S/C26H35NO3/c1-18-8-4-6-10-20(18)16-22(28)12-13-23-24-15-19(14-21(24)17-25(23)29)9-5-7-11-26(30)27(2)3/h4,6,8,10,12-14,21,23-25,29H,5,7,9,11,15-17H2,1-3H3/b13-12+/t21-,23+,24-,25+/m0/s1. The molecule has 0 bridgehead atoms. The molecule has 1 aromatic rings. The van der Waals surface area contributed by atoms with E-state index < -0.39 is 0 Å². The van der Waals surface area contributed by atoms with Crippen molar-refractivity contribution in [2.24, 2.45) is 17.8 Å². The predicted molar refractivity (Wildman–Crippen MR) is 120 cm³/mol. The summed E-state index contributed by atoms with van der Waals surface area (Å²) in [5, 5.41) is 10.5. The third-order valence-electron chi connectivity index (χ3n) is 6.72. The van der Waals surface area contributed by atoms with Crippen molar-refractivity contribution >= 4 is 11.7 Å². The number of carbonyl (C=O) groups is 2. The Bertz CT molecular complexity index is 823. The number of fused-ring (bicyclic) bond motifs is 1. The Morgan fingerprint density at radius 3 is 2.70 bits per heavy atom. The van der Waals surface area contributed by atoms with Gasteiger partial charge < -0.3 is 10.0 Å². The van der Waals surface area contributed by atoms with E-state index in [0.29, 0.717) is 24.7 Å². The summed E-state index contributed by atoms with van der Waals surface area (Å²) < 4.78 is 0. The van der Waals surface area contributed by atoms with E-state index in [-0.39, 0.29) is 23.7 Å². The minimum Gasteiger partial charge on any atom is -0.392 e. The molecule has 1 saturated carbocycles. The van der Waals surface area contributed by atoms with Gasteiger partial charge in [0.15, 0.2) is 5.78 Å². The third kappa shape index (κ3) is 5.69. The van der Waals surface area contributed by atoms with Gasteiger partial charge in [0.05, 0.1) is 6.10 Å². The molecule has 1 fully saturated rings. The largest absolute Gasteiger partial charge is 0.392 e. The van der Waals surface area contributed by atoms with Crippen LogP contribution in [0.25, 0.3) is 0 Å². The number of aliphatic hydroxyl groups is 1. The smallest absolute Gasteiger partial charge is 0.222 e. The number of ketones is 1. The van der Waals surface area contributed by atoms with Crippen molar-refractivity contribution in [3.63, 3.8) is 0 Å². The second kappa shape index (κ2) is 10.2. The molecule has 2 aliphatic rings. The van der Waals surface area contributed by atoms with Gasteiger partial charge in [-0.05, 0) is 68.1 Å². The zero-order valence-corrected chi connectivity index (χ0v) is 18.5. The summed E-state index contributed by atoms with van der Waals surface area (Å²) in [6, 6.07) is 7.98. The van der Waals surface area contributed by atoms with Crippen LogP contribution in [0.3, 0.4) is 0 Å². The van der Waals surface area contributed by atoms with Gasteiger partial charge in [-0.25, -0.2) is 0 Å². The molecular formula is C26H35NO3. The molecule has 0 saturated heterocycles. The Morgan fingerprint density at radius 1 is 1.20 bits per heavy atom. The van der Waals surface area contributed by atoms with Gasteiger partial charge in [0.25, 0.3) is 0 Å². The van der Waals surface area contributed by atoms with E-state index >= 15 is 0 Å². The lowest BCUT2D eigenvalue weighted by atomic mass is 9.88. The molecule has 1 N–H and O–H groups in total. The van der Waals surface area contributed by atoms with E-state index in [1.807, 2.05) is 37.3 Å². The fourth-order valence-corrected chi connectivity index (χ4v) is 4.92. The lowest BCUT2D eigenvalue weighted by Gasteiger charge is -2.18. The summed E-state index contributed by atoms with van der Waals surface area (Å²) in [5.74, 6) is 1.16. The van der Waals surface area contributed by atoms with Crippen molar-refractivity contribution in [2.75, 3.05) is 14.1 Å². The van der Waals surface area contributed by atoms with Crippen LogP contribution in [0.4, 0.5) is 0 Å². The fraction of sp³-hybridized carbons (Fsp3) is 0.538. The van der Waals surface area contributed by atoms with Crippen molar-refractivity contribution < 1.29 is 14.7 Å². The number of hydrogen-bond acceptors (Lipinski definition) is 3. The summed E-state index contributed by atoms with van der Waals surface area (Å²) in [5.41, 5.74) is 3.66. The lowest BCUT2D eigenvalue weighted by Crippen LogP contribution is -2.21. The zero-order valence-electron chi connectivity index (χ0n) is 18.5. The maximum Gasteiger partial charge on any atom is 0.222 e. The average molecular weight is 410 g/mol. The van der Waals surface area contributed by atoms with E-state index in [0.717, 1.165) is 43.2 Å². The molecule has 0 unspecified atom stereocenters. The number of hydrogen-bond donors (Lipinski definition) is 1.